The maximum Gasteiger partial charge on any atom is 0.350 e. The summed E-state index contributed by atoms with van der Waals surface area (Å²) in [5.74, 6) is 0. The Bertz CT molecular complexity index is 1750. The van der Waals surface area contributed by atoms with Crippen molar-refractivity contribution in [3.63, 3.8) is 0 Å². The summed E-state index contributed by atoms with van der Waals surface area (Å²) in [5.41, 5.74) is 9.98. The van der Waals surface area contributed by atoms with Gasteiger partial charge >= 0.3 is 8.32 Å². The minimum atomic E-state index is -3.08. The summed E-state index contributed by atoms with van der Waals surface area (Å²) in [7, 11) is -3.08. The third-order valence-corrected chi connectivity index (χ3v) is 11.5. The van der Waals surface area contributed by atoms with E-state index in [0.29, 0.717) is 0 Å². The Morgan fingerprint density at radius 3 is 1.70 bits per heavy atom. The monoisotopic (exact) mass is 641 g/mol. The second kappa shape index (κ2) is 12.9. The van der Waals surface area contributed by atoms with Gasteiger partial charge < -0.3 is 10.2 Å². The molecule has 8 heteroatoms. The van der Waals surface area contributed by atoms with E-state index in [1.807, 2.05) is 120 Å². The van der Waals surface area contributed by atoms with Crippen molar-refractivity contribution in [2.45, 2.75) is 0 Å². The molecule has 0 unspecified atom stereocenters. The highest BCUT2D eigenvalue weighted by Crippen LogP contribution is 2.24. The number of nitrogens with zero attached hydrogens (tertiary/aromatic N) is 4. The smallest absolute Gasteiger partial charge is 0.350 e. The van der Waals surface area contributed by atoms with Crippen molar-refractivity contribution in [3.05, 3.63) is 162 Å². The van der Waals surface area contributed by atoms with E-state index in [2.05, 4.69) is 62.5 Å². The van der Waals surface area contributed by atoms with Crippen LogP contribution in [-0.4, -0.2) is 30.3 Å². The molecule has 2 N–H and O–H groups in total. The molecular weight excluding hydrogens is 614 g/mol. The minimum absolute atomic E-state index is 0.0138. The Balaban J connectivity index is 1.39. The maximum absolute atomic E-state index is 6.76. The number of aromatic nitrogens is 2. The van der Waals surface area contributed by atoms with Crippen molar-refractivity contribution in [2.75, 3.05) is 0 Å². The van der Waals surface area contributed by atoms with E-state index >= 15 is 0 Å². The van der Waals surface area contributed by atoms with Gasteiger partial charge in [-0.3, -0.25) is 0 Å². The van der Waals surface area contributed by atoms with Gasteiger partial charge in [-0.15, -0.1) is 0 Å². The summed E-state index contributed by atoms with van der Waals surface area (Å²) in [6.07, 6.45) is 3.59. The Morgan fingerprint density at radius 1 is 0.698 bits per heavy atom. The molecule has 0 fully saturated rings. The number of para-hydroxylation sites is 1. The van der Waals surface area contributed by atoms with Crippen LogP contribution in [0.15, 0.2) is 166 Å². The lowest BCUT2D eigenvalue weighted by Gasteiger charge is -2.32. The minimum Gasteiger partial charge on any atom is -0.504 e. The van der Waals surface area contributed by atoms with Gasteiger partial charge in [0.05, 0.1) is 11.9 Å². The van der Waals surface area contributed by atoms with Crippen molar-refractivity contribution in [2.24, 2.45) is 15.9 Å². The molecule has 0 radical (unpaired) electrons. The van der Waals surface area contributed by atoms with Crippen molar-refractivity contribution >= 4 is 52.0 Å². The van der Waals surface area contributed by atoms with Crippen LogP contribution in [0.25, 0.3) is 16.9 Å². The van der Waals surface area contributed by atoms with Crippen molar-refractivity contribution in [1.29, 1.82) is 0 Å². The lowest BCUT2D eigenvalue weighted by Crippen LogP contribution is -2.70. The van der Waals surface area contributed by atoms with E-state index in [4.69, 9.17) is 15.3 Å². The molecule has 5 aromatic carbocycles. The molecule has 0 saturated heterocycles. The van der Waals surface area contributed by atoms with Crippen LogP contribution in [0, 0.1) is 0 Å². The van der Waals surface area contributed by atoms with Gasteiger partial charge in [0.15, 0.2) is 0 Å². The van der Waals surface area contributed by atoms with Gasteiger partial charge in [-0.05, 0) is 39.8 Å². The first kappa shape index (κ1) is 28.1. The summed E-state index contributed by atoms with van der Waals surface area (Å²) in [5, 5.41) is 16.8. The Morgan fingerprint density at radius 2 is 1.19 bits per heavy atom. The normalized spacial score (nSPS) is 12.0. The van der Waals surface area contributed by atoms with Crippen LogP contribution in [0.1, 0.15) is 5.56 Å². The number of halogens is 1. The van der Waals surface area contributed by atoms with E-state index in [0.717, 1.165) is 42.5 Å². The van der Waals surface area contributed by atoms with E-state index in [1.165, 1.54) is 0 Å². The molecule has 0 aliphatic heterocycles. The van der Waals surface area contributed by atoms with Crippen molar-refractivity contribution in [1.82, 2.24) is 9.78 Å². The summed E-state index contributed by atoms with van der Waals surface area (Å²) < 4.78 is 9.59. The van der Waals surface area contributed by atoms with E-state index in [9.17, 15) is 0 Å². The van der Waals surface area contributed by atoms with Gasteiger partial charge in [0.1, 0.15) is 5.69 Å². The van der Waals surface area contributed by atoms with E-state index in [1.54, 1.807) is 6.21 Å². The molecular formula is C35H28BrN5OSi. The Hall–Kier alpha value is -5.05. The highest BCUT2D eigenvalue weighted by molar-refractivity contribution is 9.10. The van der Waals surface area contributed by atoms with Crippen LogP contribution in [0.5, 0.6) is 0 Å². The molecule has 0 saturated carbocycles. The second-order valence-electron chi connectivity index (χ2n) is 9.78. The number of hydrogen-bond acceptors (Lipinski definition) is 4. The summed E-state index contributed by atoms with van der Waals surface area (Å²) >= 11 is 3.52. The fourth-order valence-electron chi connectivity index (χ4n) is 5.05. The lowest BCUT2D eigenvalue weighted by molar-refractivity contribution is 0.559. The van der Waals surface area contributed by atoms with Gasteiger partial charge in [-0.1, -0.05) is 142 Å². The molecule has 210 valence electrons. The van der Waals surface area contributed by atoms with Gasteiger partial charge in [0.25, 0.3) is 6.02 Å². The largest absolute Gasteiger partial charge is 0.504 e. The topological polar surface area (TPSA) is 77.8 Å². The summed E-state index contributed by atoms with van der Waals surface area (Å²) in [6, 6.07) is 48.6. The van der Waals surface area contributed by atoms with Crippen LogP contribution in [0.2, 0.25) is 0 Å². The van der Waals surface area contributed by atoms with Gasteiger partial charge in [0, 0.05) is 21.8 Å². The molecule has 0 bridgehead atoms. The predicted octanol–water partition coefficient (Wildman–Crippen LogP) is 5.63. The van der Waals surface area contributed by atoms with Crippen LogP contribution in [0.3, 0.4) is 0 Å². The standard InChI is InChI=1S/C35H28BrN5OSi/c36-29-23-21-27(22-24-29)34-28(26-41(40-34)30-13-5-1-6-14-30)25-38-39-35(37)42-43(31-15-7-2-8-16-31,32-17-9-3-10-18-32)33-19-11-4-12-20-33/h1-26H,(H2,37,39)/b38-25+. The first-order chi connectivity index (χ1) is 21.1. The average Bonchev–Trinajstić information content (AvgIpc) is 3.50. The zero-order valence-corrected chi connectivity index (χ0v) is 25.7. The zero-order valence-electron chi connectivity index (χ0n) is 23.2. The number of rotatable bonds is 8. The molecule has 0 amide bonds. The third-order valence-electron chi connectivity index (χ3n) is 7.03. The Labute approximate surface area is 260 Å². The molecule has 0 atom stereocenters. The van der Waals surface area contributed by atoms with Gasteiger partial charge in [-0.25, -0.2) is 4.68 Å². The van der Waals surface area contributed by atoms with Crippen molar-refractivity contribution in [3.8, 4) is 16.9 Å². The molecule has 6 nitrogen and oxygen atoms in total. The molecule has 1 heterocycles. The quantitative estimate of drug-likeness (QED) is 0.0769. The predicted molar refractivity (Wildman–Crippen MR) is 181 cm³/mol. The van der Waals surface area contributed by atoms with Crippen molar-refractivity contribution < 1.29 is 4.43 Å². The van der Waals surface area contributed by atoms with Crippen LogP contribution in [0.4, 0.5) is 0 Å². The first-order valence-electron chi connectivity index (χ1n) is 13.8. The highest BCUT2D eigenvalue weighted by Gasteiger charge is 2.44. The first-order valence-corrected chi connectivity index (χ1v) is 16.5. The molecule has 43 heavy (non-hydrogen) atoms. The highest BCUT2D eigenvalue weighted by atomic mass is 79.9. The maximum atomic E-state index is 6.76. The molecule has 0 spiro atoms. The van der Waals surface area contributed by atoms with E-state index in [-0.39, 0.29) is 6.02 Å². The average molecular weight is 643 g/mol. The SMILES string of the molecule is N/C(=N/N=C/c1cn(-c2ccccc2)nc1-c1ccc(Br)cc1)O[Si](c1ccccc1)(c1ccccc1)c1ccccc1. The second-order valence-corrected chi connectivity index (χ2v) is 14.0. The van der Waals surface area contributed by atoms with E-state index < -0.39 is 8.32 Å². The van der Waals surface area contributed by atoms with Gasteiger partial charge in [-0.2, -0.15) is 10.2 Å². The molecule has 6 rings (SSSR count). The summed E-state index contributed by atoms with van der Waals surface area (Å²) in [4.78, 5) is 0. The summed E-state index contributed by atoms with van der Waals surface area (Å²) in [6.45, 7) is 0. The molecule has 0 aliphatic carbocycles. The molecule has 0 aliphatic rings. The number of amidine groups is 1. The number of nitrogens with two attached hydrogens (primary N) is 1. The number of hydrogen-bond donors (Lipinski definition) is 1. The van der Waals surface area contributed by atoms with Crippen LogP contribution >= 0.6 is 15.9 Å². The fraction of sp³-hybridized carbons (Fsp3) is 0. The fourth-order valence-corrected chi connectivity index (χ4v) is 9.01. The molecule has 1 aromatic heterocycles. The third kappa shape index (κ3) is 6.11. The Kier molecular flexibility index (Phi) is 8.39. The lowest BCUT2D eigenvalue weighted by atomic mass is 10.1. The van der Waals surface area contributed by atoms with Gasteiger partial charge in [0.2, 0.25) is 0 Å². The van der Waals surface area contributed by atoms with Crippen LogP contribution in [-0.2, 0) is 4.43 Å². The van der Waals surface area contributed by atoms with Crippen LogP contribution < -0.4 is 21.3 Å². The zero-order chi connectivity index (χ0) is 29.5. The number of benzene rings is 5. The molecule has 6 aromatic rings.